The summed E-state index contributed by atoms with van der Waals surface area (Å²) in [6, 6.07) is 7.21. The van der Waals surface area contributed by atoms with Gasteiger partial charge >= 0.3 is 0 Å². The molecule has 0 saturated carbocycles. The van der Waals surface area contributed by atoms with Gasteiger partial charge in [0.05, 0.1) is 24.5 Å². The summed E-state index contributed by atoms with van der Waals surface area (Å²) in [5, 5.41) is 5.78. The van der Waals surface area contributed by atoms with Crippen LogP contribution in [0.3, 0.4) is 0 Å². The van der Waals surface area contributed by atoms with Crippen molar-refractivity contribution in [1.82, 2.24) is 24.6 Å². The quantitative estimate of drug-likeness (QED) is 0.681. The van der Waals surface area contributed by atoms with Crippen molar-refractivity contribution in [3.05, 3.63) is 62.6 Å². The normalized spacial score (nSPS) is 17.0. The minimum atomic E-state index is -0.0440. The van der Waals surface area contributed by atoms with Crippen LogP contribution in [0.15, 0.2) is 41.5 Å². The van der Waals surface area contributed by atoms with Crippen molar-refractivity contribution in [3.8, 4) is 11.3 Å². The second-order valence-corrected chi connectivity index (χ2v) is 8.54. The van der Waals surface area contributed by atoms with Crippen LogP contribution in [0.4, 0.5) is 0 Å². The average Bonchev–Trinajstić information content (AvgIpc) is 3.24. The van der Waals surface area contributed by atoms with Crippen molar-refractivity contribution in [2.45, 2.75) is 32.4 Å². The summed E-state index contributed by atoms with van der Waals surface area (Å²) in [5.74, 6) is 0.464. The Morgan fingerprint density at radius 1 is 1.19 bits per heavy atom. The molecular formula is C20H21N5OS. The first kappa shape index (κ1) is 16.8. The van der Waals surface area contributed by atoms with Crippen LogP contribution in [0.5, 0.6) is 0 Å². The standard InChI is InChI=1S/C20H21N5OS/c26-20-7-6-16(15-3-2-8-21-9-15)23-25(20)12-14-10-24(11-14)13-19-22-17-4-1-5-18(17)27-19/h2-3,6-9,14H,1,4-5,10-13H2. The average molecular weight is 379 g/mol. The molecule has 138 valence electrons. The first-order valence-electron chi connectivity index (χ1n) is 9.43. The van der Waals surface area contributed by atoms with Crippen LogP contribution in [-0.2, 0) is 25.9 Å². The molecule has 6 nitrogen and oxygen atoms in total. The van der Waals surface area contributed by atoms with Gasteiger partial charge in [0.25, 0.3) is 5.56 Å². The van der Waals surface area contributed by atoms with Crippen LogP contribution in [0.2, 0.25) is 0 Å². The number of pyridine rings is 1. The Labute approximate surface area is 161 Å². The Hall–Kier alpha value is -2.38. The van der Waals surface area contributed by atoms with E-state index in [4.69, 9.17) is 4.98 Å². The molecule has 4 heterocycles. The molecule has 1 fully saturated rings. The third-order valence-corrected chi connectivity index (χ3v) is 6.43. The van der Waals surface area contributed by atoms with Gasteiger partial charge in [-0.05, 0) is 37.5 Å². The van der Waals surface area contributed by atoms with Gasteiger partial charge in [-0.25, -0.2) is 9.67 Å². The lowest BCUT2D eigenvalue weighted by Gasteiger charge is -2.38. The van der Waals surface area contributed by atoms with Crippen LogP contribution in [0.25, 0.3) is 11.3 Å². The van der Waals surface area contributed by atoms with E-state index in [-0.39, 0.29) is 5.56 Å². The molecule has 0 spiro atoms. The smallest absolute Gasteiger partial charge is 0.266 e. The monoisotopic (exact) mass is 379 g/mol. The maximum atomic E-state index is 12.2. The van der Waals surface area contributed by atoms with Gasteiger partial charge in [0.2, 0.25) is 0 Å². The molecule has 0 bridgehead atoms. The highest BCUT2D eigenvalue weighted by Crippen LogP contribution is 2.29. The van der Waals surface area contributed by atoms with E-state index >= 15 is 0 Å². The van der Waals surface area contributed by atoms with Gasteiger partial charge in [0.15, 0.2) is 0 Å². The molecule has 0 aromatic carbocycles. The van der Waals surface area contributed by atoms with E-state index in [2.05, 4.69) is 15.0 Å². The fourth-order valence-electron chi connectivity index (χ4n) is 3.92. The van der Waals surface area contributed by atoms with Crippen molar-refractivity contribution < 1.29 is 0 Å². The number of hydrogen-bond acceptors (Lipinski definition) is 6. The van der Waals surface area contributed by atoms with E-state index in [0.717, 1.165) is 37.3 Å². The molecule has 1 aliphatic heterocycles. The number of thiazole rings is 1. The number of aromatic nitrogens is 4. The zero-order valence-corrected chi connectivity index (χ0v) is 15.9. The minimum Gasteiger partial charge on any atom is -0.296 e. The number of rotatable bonds is 5. The molecule has 0 amide bonds. The Morgan fingerprint density at radius 3 is 2.93 bits per heavy atom. The van der Waals surface area contributed by atoms with E-state index in [1.165, 1.54) is 28.4 Å². The van der Waals surface area contributed by atoms with Gasteiger partial charge in [-0.1, -0.05) is 0 Å². The SMILES string of the molecule is O=c1ccc(-c2cccnc2)nn1CC1CN(Cc2nc3c(s2)CCC3)C1. The molecule has 0 unspecified atom stereocenters. The fourth-order valence-corrected chi connectivity index (χ4v) is 5.12. The molecule has 7 heteroatoms. The Bertz CT molecular complexity index is 985. The summed E-state index contributed by atoms with van der Waals surface area (Å²) >= 11 is 1.88. The Kier molecular flexibility index (Phi) is 4.33. The van der Waals surface area contributed by atoms with Crippen LogP contribution in [-0.4, -0.2) is 37.7 Å². The Morgan fingerprint density at radius 2 is 2.11 bits per heavy atom. The van der Waals surface area contributed by atoms with Gasteiger partial charge in [-0.3, -0.25) is 14.7 Å². The zero-order chi connectivity index (χ0) is 18.2. The van der Waals surface area contributed by atoms with Crippen LogP contribution < -0.4 is 5.56 Å². The molecule has 2 aliphatic rings. The van der Waals surface area contributed by atoms with E-state index < -0.39 is 0 Å². The molecule has 1 saturated heterocycles. The molecular weight excluding hydrogens is 358 g/mol. The minimum absolute atomic E-state index is 0.0440. The number of fused-ring (bicyclic) bond motifs is 1. The third kappa shape index (κ3) is 3.44. The summed E-state index contributed by atoms with van der Waals surface area (Å²) < 4.78 is 1.60. The molecule has 27 heavy (non-hydrogen) atoms. The van der Waals surface area contributed by atoms with Crippen LogP contribution in [0.1, 0.15) is 22.0 Å². The highest BCUT2D eigenvalue weighted by Gasteiger charge is 2.29. The maximum Gasteiger partial charge on any atom is 0.266 e. The van der Waals surface area contributed by atoms with Crippen molar-refractivity contribution in [1.29, 1.82) is 0 Å². The molecule has 0 atom stereocenters. The van der Waals surface area contributed by atoms with Crippen molar-refractivity contribution in [2.75, 3.05) is 13.1 Å². The van der Waals surface area contributed by atoms with Crippen LogP contribution in [0, 0.1) is 5.92 Å². The summed E-state index contributed by atoms with van der Waals surface area (Å²) in [5.41, 5.74) is 3.00. The molecule has 3 aromatic rings. The summed E-state index contributed by atoms with van der Waals surface area (Å²) in [4.78, 5) is 25.0. The first-order valence-corrected chi connectivity index (χ1v) is 10.2. The summed E-state index contributed by atoms with van der Waals surface area (Å²) in [6.07, 6.45) is 7.13. The number of nitrogens with zero attached hydrogens (tertiary/aromatic N) is 5. The lowest BCUT2D eigenvalue weighted by molar-refractivity contribution is 0.0766. The third-order valence-electron chi connectivity index (χ3n) is 5.29. The number of aryl methyl sites for hydroxylation is 2. The molecule has 5 rings (SSSR count). The van der Waals surface area contributed by atoms with Gasteiger partial charge in [0, 0.05) is 47.9 Å². The van der Waals surface area contributed by atoms with Gasteiger partial charge in [-0.15, -0.1) is 11.3 Å². The maximum absolute atomic E-state index is 12.2. The highest BCUT2D eigenvalue weighted by molar-refractivity contribution is 7.11. The van der Waals surface area contributed by atoms with E-state index in [9.17, 15) is 4.79 Å². The lowest BCUT2D eigenvalue weighted by Crippen LogP contribution is -2.48. The van der Waals surface area contributed by atoms with E-state index in [0.29, 0.717) is 12.5 Å². The summed E-state index contributed by atoms with van der Waals surface area (Å²) in [6.45, 7) is 3.59. The molecule has 3 aromatic heterocycles. The molecule has 1 aliphatic carbocycles. The largest absolute Gasteiger partial charge is 0.296 e. The van der Waals surface area contributed by atoms with E-state index in [1.807, 2.05) is 23.5 Å². The van der Waals surface area contributed by atoms with E-state index in [1.54, 1.807) is 29.2 Å². The molecule has 0 N–H and O–H groups in total. The number of hydrogen-bond donors (Lipinski definition) is 0. The first-order chi connectivity index (χ1) is 13.2. The summed E-state index contributed by atoms with van der Waals surface area (Å²) in [7, 11) is 0. The Balaban J connectivity index is 1.21. The fraction of sp³-hybridized carbons (Fsp3) is 0.400. The van der Waals surface area contributed by atoms with Gasteiger partial charge in [0.1, 0.15) is 5.01 Å². The highest BCUT2D eigenvalue weighted by atomic mass is 32.1. The van der Waals surface area contributed by atoms with Crippen molar-refractivity contribution in [2.24, 2.45) is 5.92 Å². The predicted molar refractivity (Wildman–Crippen MR) is 105 cm³/mol. The van der Waals surface area contributed by atoms with Crippen molar-refractivity contribution in [3.63, 3.8) is 0 Å². The lowest BCUT2D eigenvalue weighted by atomic mass is 10.0. The zero-order valence-electron chi connectivity index (χ0n) is 15.0. The topological polar surface area (TPSA) is 63.9 Å². The predicted octanol–water partition coefficient (Wildman–Crippen LogP) is 2.38. The van der Waals surface area contributed by atoms with Crippen molar-refractivity contribution >= 4 is 11.3 Å². The van der Waals surface area contributed by atoms with Gasteiger partial charge < -0.3 is 0 Å². The van der Waals surface area contributed by atoms with Crippen LogP contribution >= 0.6 is 11.3 Å². The van der Waals surface area contributed by atoms with Gasteiger partial charge in [-0.2, -0.15) is 5.10 Å². The molecule has 0 radical (unpaired) electrons. The second-order valence-electron chi connectivity index (χ2n) is 7.37. The number of likely N-dealkylation sites (tertiary alicyclic amines) is 1. The second kappa shape index (κ2) is 6.98.